The first-order valence-corrected chi connectivity index (χ1v) is 8.83. The molecule has 3 aromatic rings. The number of methoxy groups -OCH3 is 3. The molecule has 2 heterocycles. The van der Waals surface area contributed by atoms with Crippen molar-refractivity contribution in [3.63, 3.8) is 0 Å². The average molecular weight is 393 g/mol. The Morgan fingerprint density at radius 2 is 1.77 bits per heavy atom. The van der Waals surface area contributed by atoms with Crippen molar-refractivity contribution in [1.82, 2.24) is 10.2 Å². The Bertz CT molecular complexity index is 923. The highest BCUT2D eigenvalue weighted by molar-refractivity contribution is 7.12. The molecule has 0 aliphatic carbocycles. The number of ether oxygens (including phenoxy) is 3. The van der Waals surface area contributed by atoms with Crippen LogP contribution in [0.5, 0.6) is 17.2 Å². The largest absolute Gasteiger partial charge is 0.493 e. The van der Waals surface area contributed by atoms with Crippen molar-refractivity contribution < 1.29 is 18.6 Å². The molecular weight excluding hydrogens is 376 g/mol. The van der Waals surface area contributed by atoms with Gasteiger partial charge in [0.05, 0.1) is 21.3 Å². The Balaban J connectivity index is 1.96. The van der Waals surface area contributed by atoms with Crippen LogP contribution in [-0.4, -0.2) is 31.5 Å². The Labute approximate surface area is 160 Å². The number of nitrogens with zero attached hydrogens (tertiary/aromatic N) is 2. The summed E-state index contributed by atoms with van der Waals surface area (Å²) in [5.41, 5.74) is 0.634. The molecule has 0 spiro atoms. The highest BCUT2D eigenvalue weighted by atomic mass is 35.5. The van der Waals surface area contributed by atoms with Crippen LogP contribution in [0.15, 0.2) is 28.7 Å². The Morgan fingerprint density at radius 1 is 1.08 bits per heavy atom. The molecule has 0 aliphatic rings. The molecule has 2 aromatic heterocycles. The van der Waals surface area contributed by atoms with Gasteiger partial charge in [0.15, 0.2) is 11.5 Å². The summed E-state index contributed by atoms with van der Waals surface area (Å²) in [6, 6.07) is 7.48. The minimum absolute atomic E-state index is 0.237. The third kappa shape index (κ3) is 3.68. The van der Waals surface area contributed by atoms with Gasteiger partial charge in [-0.15, -0.1) is 21.5 Å². The second-order valence-corrected chi connectivity index (χ2v) is 6.99. The predicted molar refractivity (Wildman–Crippen MR) is 102 cm³/mol. The van der Waals surface area contributed by atoms with Crippen LogP contribution in [0, 0.1) is 6.92 Å². The number of aryl methyl sites for hydroxylation is 1. The summed E-state index contributed by atoms with van der Waals surface area (Å²) >= 11 is 7.95. The second kappa shape index (κ2) is 7.80. The molecule has 0 N–H and O–H groups in total. The van der Waals surface area contributed by atoms with E-state index in [-0.39, 0.29) is 5.89 Å². The normalized spacial score (nSPS) is 11.5. The second-order valence-electron chi connectivity index (χ2n) is 5.27. The monoisotopic (exact) mass is 392 g/mol. The Kier molecular flexibility index (Phi) is 5.49. The minimum atomic E-state index is 0.237. The van der Waals surface area contributed by atoms with E-state index in [4.69, 9.17) is 30.2 Å². The third-order valence-electron chi connectivity index (χ3n) is 3.57. The molecule has 0 saturated carbocycles. The molecule has 0 aliphatic heterocycles. The summed E-state index contributed by atoms with van der Waals surface area (Å²) in [6.07, 6.45) is 1.80. The van der Waals surface area contributed by atoms with Gasteiger partial charge in [0.25, 0.3) is 5.89 Å². The van der Waals surface area contributed by atoms with Crippen LogP contribution in [0.3, 0.4) is 0 Å². The maximum absolute atomic E-state index is 6.32. The maximum atomic E-state index is 6.32. The van der Waals surface area contributed by atoms with Gasteiger partial charge in [0, 0.05) is 15.3 Å². The highest BCUT2D eigenvalue weighted by Crippen LogP contribution is 2.41. The topological polar surface area (TPSA) is 66.6 Å². The van der Waals surface area contributed by atoms with Crippen molar-refractivity contribution in [3.05, 3.63) is 39.9 Å². The Morgan fingerprint density at radius 3 is 2.31 bits per heavy atom. The first kappa shape index (κ1) is 18.3. The molecule has 0 radical (unpaired) electrons. The summed E-state index contributed by atoms with van der Waals surface area (Å²) < 4.78 is 21.7. The zero-order valence-corrected chi connectivity index (χ0v) is 16.3. The van der Waals surface area contributed by atoms with Crippen LogP contribution >= 0.6 is 22.9 Å². The van der Waals surface area contributed by atoms with Crippen LogP contribution in [0.4, 0.5) is 0 Å². The van der Waals surface area contributed by atoms with Gasteiger partial charge in [-0.05, 0) is 37.3 Å². The van der Waals surface area contributed by atoms with Gasteiger partial charge < -0.3 is 18.6 Å². The molecule has 0 bridgehead atoms. The molecule has 0 saturated heterocycles. The summed E-state index contributed by atoms with van der Waals surface area (Å²) in [5.74, 6) is 2.02. The van der Waals surface area contributed by atoms with Gasteiger partial charge in [0.2, 0.25) is 11.6 Å². The van der Waals surface area contributed by atoms with E-state index >= 15 is 0 Å². The molecule has 6 nitrogen and oxygen atoms in total. The number of benzene rings is 1. The molecule has 0 atom stereocenters. The van der Waals surface area contributed by atoms with Crippen molar-refractivity contribution in [2.75, 3.05) is 21.3 Å². The van der Waals surface area contributed by atoms with E-state index < -0.39 is 0 Å². The molecule has 0 fully saturated rings. The number of thiophene rings is 1. The van der Waals surface area contributed by atoms with E-state index in [1.54, 1.807) is 50.9 Å². The standard InChI is InChI=1S/C18H17ClN2O4S/c1-10-5-6-12(26-10)9-13(19)18-21-20-17(25-18)11-7-14(22-2)16(24-4)15(8-11)23-3/h5-9H,1-4H3/b13-9-. The molecule has 26 heavy (non-hydrogen) atoms. The maximum Gasteiger partial charge on any atom is 0.259 e. The fraction of sp³-hybridized carbons (Fsp3) is 0.222. The zero-order valence-electron chi connectivity index (χ0n) is 14.7. The molecule has 1 aromatic carbocycles. The number of hydrogen-bond donors (Lipinski definition) is 0. The fourth-order valence-electron chi connectivity index (χ4n) is 2.36. The van der Waals surface area contributed by atoms with E-state index in [1.165, 1.54) is 4.88 Å². The Hall–Kier alpha value is -2.51. The van der Waals surface area contributed by atoms with Crippen molar-refractivity contribution in [3.8, 4) is 28.7 Å². The van der Waals surface area contributed by atoms with Crippen molar-refractivity contribution in [2.24, 2.45) is 0 Å². The van der Waals surface area contributed by atoms with Crippen LogP contribution in [0.25, 0.3) is 22.6 Å². The summed E-state index contributed by atoms with van der Waals surface area (Å²) in [5, 5.41) is 8.47. The molecule has 0 unspecified atom stereocenters. The summed E-state index contributed by atoms with van der Waals surface area (Å²) in [6.45, 7) is 2.03. The fourth-order valence-corrected chi connectivity index (χ4v) is 3.44. The van der Waals surface area contributed by atoms with Crippen molar-refractivity contribution >= 4 is 34.0 Å². The average Bonchev–Trinajstić information content (AvgIpc) is 3.29. The van der Waals surface area contributed by atoms with Gasteiger partial charge in [-0.25, -0.2) is 0 Å². The number of hydrogen-bond acceptors (Lipinski definition) is 7. The van der Waals surface area contributed by atoms with Gasteiger partial charge >= 0.3 is 0 Å². The van der Waals surface area contributed by atoms with Crippen molar-refractivity contribution in [2.45, 2.75) is 6.92 Å². The van der Waals surface area contributed by atoms with Crippen LogP contribution < -0.4 is 14.2 Å². The quantitative estimate of drug-likeness (QED) is 0.596. The van der Waals surface area contributed by atoms with Gasteiger partial charge in [-0.2, -0.15) is 0 Å². The van der Waals surface area contributed by atoms with E-state index in [2.05, 4.69) is 10.2 Å². The number of rotatable bonds is 6. The SMILES string of the molecule is COc1cc(-c2nnc(/C(Cl)=C/c3ccc(C)s3)o2)cc(OC)c1OC. The van der Waals surface area contributed by atoms with Crippen molar-refractivity contribution in [1.29, 1.82) is 0 Å². The first-order chi connectivity index (χ1) is 12.5. The highest BCUT2D eigenvalue weighted by Gasteiger charge is 2.18. The summed E-state index contributed by atoms with van der Waals surface area (Å²) in [7, 11) is 4.63. The predicted octanol–water partition coefficient (Wildman–Crippen LogP) is 4.87. The lowest BCUT2D eigenvalue weighted by Gasteiger charge is -2.12. The van der Waals surface area contributed by atoms with Crippen LogP contribution in [0.2, 0.25) is 0 Å². The molecule has 0 amide bonds. The van der Waals surface area contributed by atoms with E-state index in [0.29, 0.717) is 33.7 Å². The lowest BCUT2D eigenvalue weighted by Crippen LogP contribution is -1.95. The molecule has 3 rings (SSSR count). The first-order valence-electron chi connectivity index (χ1n) is 7.63. The minimum Gasteiger partial charge on any atom is -0.493 e. The zero-order chi connectivity index (χ0) is 18.7. The number of halogens is 1. The molecule has 8 heteroatoms. The van der Waals surface area contributed by atoms with E-state index in [9.17, 15) is 0 Å². The van der Waals surface area contributed by atoms with Gasteiger partial charge in [-0.3, -0.25) is 0 Å². The van der Waals surface area contributed by atoms with Gasteiger partial charge in [0.1, 0.15) is 5.03 Å². The smallest absolute Gasteiger partial charge is 0.259 e. The molecule has 136 valence electrons. The van der Waals surface area contributed by atoms with E-state index in [1.807, 2.05) is 19.1 Å². The van der Waals surface area contributed by atoms with E-state index in [0.717, 1.165) is 4.88 Å². The molecular formula is C18H17ClN2O4S. The lowest BCUT2D eigenvalue weighted by atomic mass is 10.2. The van der Waals surface area contributed by atoms with Crippen LogP contribution in [0.1, 0.15) is 15.6 Å². The number of aromatic nitrogens is 2. The summed E-state index contributed by atoms with van der Waals surface area (Å²) in [4.78, 5) is 2.21. The third-order valence-corrected chi connectivity index (χ3v) is 4.79. The van der Waals surface area contributed by atoms with Gasteiger partial charge in [-0.1, -0.05) is 11.6 Å². The van der Waals surface area contributed by atoms with Crippen LogP contribution in [-0.2, 0) is 0 Å². The lowest BCUT2D eigenvalue weighted by molar-refractivity contribution is 0.324.